The number of hydrazine groups is 1. The first-order valence-corrected chi connectivity index (χ1v) is 13.7. The van der Waals surface area contributed by atoms with E-state index in [2.05, 4.69) is 105 Å². The lowest BCUT2D eigenvalue weighted by molar-refractivity contribution is 0.0144. The van der Waals surface area contributed by atoms with Crippen LogP contribution in [0, 0.1) is 0 Å². The molecular formula is C34H26N4O2. The molecule has 5 heterocycles. The minimum Gasteiger partial charge on any atom is -0.456 e. The molecule has 0 fully saturated rings. The van der Waals surface area contributed by atoms with Crippen molar-refractivity contribution in [2.24, 2.45) is 0 Å². The average molecular weight is 523 g/mol. The summed E-state index contributed by atoms with van der Waals surface area (Å²) in [5.41, 5.74) is 8.65. The Labute approximate surface area is 230 Å². The van der Waals surface area contributed by atoms with E-state index in [0.29, 0.717) is 0 Å². The Kier molecular flexibility index (Phi) is 4.47. The largest absolute Gasteiger partial charge is 0.456 e. The Morgan fingerprint density at radius 3 is 1.45 bits per heavy atom. The van der Waals surface area contributed by atoms with Crippen LogP contribution in [-0.2, 0) is 13.1 Å². The summed E-state index contributed by atoms with van der Waals surface area (Å²) in [6.07, 6.45) is 8.94. The van der Waals surface area contributed by atoms with E-state index in [1.165, 1.54) is 44.1 Å². The summed E-state index contributed by atoms with van der Waals surface area (Å²) in [6, 6.07) is 29.5. The molecule has 6 nitrogen and oxygen atoms in total. The van der Waals surface area contributed by atoms with Crippen LogP contribution in [0.4, 0.5) is 0 Å². The number of para-hydroxylation sites is 4. The van der Waals surface area contributed by atoms with Crippen molar-refractivity contribution < 1.29 is 8.83 Å². The summed E-state index contributed by atoms with van der Waals surface area (Å²) < 4.78 is 12.6. The van der Waals surface area contributed by atoms with Crippen LogP contribution in [0.25, 0.3) is 43.9 Å². The fraction of sp³-hybridized carbons (Fsp3) is 0.118. The predicted molar refractivity (Wildman–Crippen MR) is 157 cm³/mol. The molecule has 0 aliphatic carbocycles. The lowest BCUT2D eigenvalue weighted by atomic mass is 10.1. The van der Waals surface area contributed by atoms with E-state index >= 15 is 0 Å². The van der Waals surface area contributed by atoms with Crippen LogP contribution in [0.1, 0.15) is 11.1 Å². The van der Waals surface area contributed by atoms with Crippen molar-refractivity contribution in [3.63, 3.8) is 0 Å². The molecule has 4 aromatic carbocycles. The van der Waals surface area contributed by atoms with Gasteiger partial charge in [0.1, 0.15) is 35.7 Å². The number of furan rings is 2. The minimum atomic E-state index is 0.787. The zero-order chi connectivity index (χ0) is 26.2. The second kappa shape index (κ2) is 8.20. The second-order valence-corrected chi connectivity index (χ2v) is 10.8. The number of rotatable bonds is 4. The SMILES string of the molecule is C1=CC2=CN(Cc3cccc4c3oc3ccccc34)CN2N2CN(Cc3cccc4c3oc3ccccc34)C=C12. The van der Waals surface area contributed by atoms with Crippen LogP contribution in [0.3, 0.4) is 0 Å². The highest BCUT2D eigenvalue weighted by Gasteiger charge is 2.33. The highest BCUT2D eigenvalue weighted by molar-refractivity contribution is 6.06. The average Bonchev–Trinajstić information content (AvgIpc) is 3.75. The van der Waals surface area contributed by atoms with E-state index in [1.54, 1.807) is 0 Å². The van der Waals surface area contributed by atoms with E-state index < -0.39 is 0 Å². The third-order valence-electron chi connectivity index (χ3n) is 8.29. The minimum absolute atomic E-state index is 0.787. The van der Waals surface area contributed by atoms with E-state index in [9.17, 15) is 0 Å². The zero-order valence-corrected chi connectivity index (χ0v) is 21.8. The molecule has 0 radical (unpaired) electrons. The van der Waals surface area contributed by atoms with Gasteiger partial charge in [-0.25, -0.2) is 0 Å². The Balaban J connectivity index is 0.958. The molecule has 6 heteroatoms. The third-order valence-corrected chi connectivity index (χ3v) is 8.29. The molecule has 3 aliphatic heterocycles. The number of allylic oxidation sites excluding steroid dienone is 2. The van der Waals surface area contributed by atoms with Gasteiger partial charge in [0.2, 0.25) is 0 Å². The molecule has 0 amide bonds. The quantitative estimate of drug-likeness (QED) is 0.239. The molecule has 9 rings (SSSR count). The Bertz CT molecular complexity index is 1910. The van der Waals surface area contributed by atoms with E-state index in [0.717, 1.165) is 48.8 Å². The maximum atomic E-state index is 6.29. The van der Waals surface area contributed by atoms with Crippen LogP contribution in [0.5, 0.6) is 0 Å². The molecular weight excluding hydrogens is 496 g/mol. The number of fused-ring (bicyclic) bond motifs is 9. The summed E-state index contributed by atoms with van der Waals surface area (Å²) in [5.74, 6) is 0. The first kappa shape index (κ1) is 21.8. The van der Waals surface area contributed by atoms with Crippen LogP contribution in [0.15, 0.2) is 130 Å². The molecule has 0 bridgehead atoms. The lowest BCUT2D eigenvalue weighted by Crippen LogP contribution is -2.43. The fourth-order valence-corrected chi connectivity index (χ4v) is 6.45. The van der Waals surface area contributed by atoms with Gasteiger partial charge in [-0.2, -0.15) is 0 Å². The van der Waals surface area contributed by atoms with Gasteiger partial charge in [-0.15, -0.1) is 0 Å². The molecule has 3 aliphatic rings. The molecule has 0 saturated heterocycles. The van der Waals surface area contributed by atoms with Crippen molar-refractivity contribution in [2.45, 2.75) is 13.1 Å². The highest BCUT2D eigenvalue weighted by Crippen LogP contribution is 2.36. The van der Waals surface area contributed by atoms with Gasteiger partial charge in [-0.3, -0.25) is 10.0 Å². The number of hydrogen-bond donors (Lipinski definition) is 0. The normalized spacial score (nSPS) is 16.5. The van der Waals surface area contributed by atoms with Crippen molar-refractivity contribution in [1.29, 1.82) is 0 Å². The zero-order valence-electron chi connectivity index (χ0n) is 21.8. The van der Waals surface area contributed by atoms with Crippen molar-refractivity contribution in [3.8, 4) is 0 Å². The van der Waals surface area contributed by atoms with Gasteiger partial charge in [0.25, 0.3) is 0 Å². The van der Waals surface area contributed by atoms with Crippen LogP contribution >= 0.6 is 0 Å². The molecule has 194 valence electrons. The van der Waals surface area contributed by atoms with Gasteiger partial charge in [-0.1, -0.05) is 72.8 Å². The second-order valence-electron chi connectivity index (χ2n) is 10.8. The molecule has 0 unspecified atom stereocenters. The standard InChI is InChI=1S/C34H26N4O2/c1-3-13-31-27(9-1)29-11-5-7-23(33(29)39-31)17-35-19-25-15-16-26-20-36(22-38(26)37(25)21-35)18-24-8-6-12-30-28-10-2-4-14-32(28)40-34(24)30/h1-16,19-20H,17-18,21-22H2. The number of benzene rings is 4. The monoisotopic (exact) mass is 522 g/mol. The van der Waals surface area contributed by atoms with Crippen LogP contribution in [-0.4, -0.2) is 33.2 Å². The summed E-state index contributed by atoms with van der Waals surface area (Å²) in [4.78, 5) is 4.73. The van der Waals surface area contributed by atoms with Gasteiger partial charge in [0.15, 0.2) is 0 Å². The molecule has 0 N–H and O–H groups in total. The number of hydrogen-bond acceptors (Lipinski definition) is 6. The smallest absolute Gasteiger partial charge is 0.140 e. The molecule has 0 spiro atoms. The van der Waals surface area contributed by atoms with Gasteiger partial charge >= 0.3 is 0 Å². The first-order valence-electron chi connectivity index (χ1n) is 13.7. The molecule has 2 aromatic heterocycles. The highest BCUT2D eigenvalue weighted by atomic mass is 16.3. The van der Waals surface area contributed by atoms with E-state index in [4.69, 9.17) is 8.83 Å². The number of nitrogens with zero attached hydrogens (tertiary/aromatic N) is 4. The lowest BCUT2D eigenvalue weighted by Gasteiger charge is -2.37. The van der Waals surface area contributed by atoms with Gasteiger partial charge in [0.05, 0.1) is 11.4 Å². The van der Waals surface area contributed by atoms with Crippen LogP contribution in [0.2, 0.25) is 0 Å². The van der Waals surface area contributed by atoms with E-state index in [1.807, 2.05) is 24.3 Å². The van der Waals surface area contributed by atoms with Gasteiger partial charge < -0.3 is 18.6 Å². The molecule has 40 heavy (non-hydrogen) atoms. The Morgan fingerprint density at radius 2 is 0.950 bits per heavy atom. The Morgan fingerprint density at radius 1 is 0.500 bits per heavy atom. The van der Waals surface area contributed by atoms with Crippen molar-refractivity contribution in [3.05, 3.63) is 132 Å². The Hall–Kier alpha value is -5.10. The summed E-state index contributed by atoms with van der Waals surface area (Å²) in [6.45, 7) is 3.16. The molecule has 0 atom stereocenters. The summed E-state index contributed by atoms with van der Waals surface area (Å²) in [5, 5.41) is 9.43. The molecule has 0 saturated carbocycles. The topological polar surface area (TPSA) is 39.2 Å². The van der Waals surface area contributed by atoms with Crippen molar-refractivity contribution in [2.75, 3.05) is 13.3 Å². The van der Waals surface area contributed by atoms with Crippen LogP contribution < -0.4 is 0 Å². The first-order chi connectivity index (χ1) is 19.8. The van der Waals surface area contributed by atoms with Crippen molar-refractivity contribution >= 4 is 43.9 Å². The predicted octanol–water partition coefficient (Wildman–Crippen LogP) is 7.50. The maximum Gasteiger partial charge on any atom is 0.140 e. The van der Waals surface area contributed by atoms with Crippen molar-refractivity contribution in [1.82, 2.24) is 19.8 Å². The summed E-state index contributed by atoms with van der Waals surface area (Å²) in [7, 11) is 0. The van der Waals surface area contributed by atoms with Gasteiger partial charge in [-0.05, 0) is 24.3 Å². The summed E-state index contributed by atoms with van der Waals surface area (Å²) >= 11 is 0. The van der Waals surface area contributed by atoms with Gasteiger partial charge in [0, 0.05) is 58.2 Å². The fourth-order valence-electron chi connectivity index (χ4n) is 6.45. The third kappa shape index (κ3) is 3.22. The van der Waals surface area contributed by atoms with E-state index in [-0.39, 0.29) is 0 Å². The molecule has 6 aromatic rings. The maximum absolute atomic E-state index is 6.29.